The maximum Gasteiger partial charge on any atom is 0.300 e. The molecule has 34 heavy (non-hydrogen) atoms. The minimum absolute atomic E-state index is 0.0135. The van der Waals surface area contributed by atoms with Gasteiger partial charge in [-0.3, -0.25) is 19.5 Å². The Labute approximate surface area is 193 Å². The van der Waals surface area contributed by atoms with E-state index >= 15 is 0 Å². The van der Waals surface area contributed by atoms with Gasteiger partial charge in [0.2, 0.25) is 0 Å². The zero-order chi connectivity index (χ0) is 24.0. The quantitative estimate of drug-likeness (QED) is 0.361. The van der Waals surface area contributed by atoms with Gasteiger partial charge in [0, 0.05) is 36.8 Å². The normalized spacial score (nSPS) is 19.2. The Balaban J connectivity index is 1.69. The van der Waals surface area contributed by atoms with E-state index in [0.717, 1.165) is 22.7 Å². The first-order chi connectivity index (χ1) is 16.4. The molecule has 1 N–H and O–H groups in total. The second-order valence-corrected chi connectivity index (χ2v) is 8.00. The van der Waals surface area contributed by atoms with Crippen molar-refractivity contribution in [3.63, 3.8) is 0 Å². The fraction of sp³-hybridized carbons (Fsp3) is 0.160. The van der Waals surface area contributed by atoms with Crippen LogP contribution in [0.4, 0.5) is 20.2 Å². The second kappa shape index (κ2) is 8.26. The van der Waals surface area contributed by atoms with Crippen LogP contribution in [0.2, 0.25) is 0 Å². The molecular weight excluding hydrogens is 444 g/mol. The van der Waals surface area contributed by atoms with Crippen molar-refractivity contribution >= 4 is 28.8 Å². The van der Waals surface area contributed by atoms with Crippen LogP contribution in [0.25, 0.3) is 5.76 Å². The molecule has 2 aromatic carbocycles. The summed E-state index contributed by atoms with van der Waals surface area (Å²) in [7, 11) is 1.88. The number of nitrogens with zero attached hydrogens (tertiary/aromatic N) is 3. The zero-order valence-electron chi connectivity index (χ0n) is 18.0. The number of amides is 1. The lowest BCUT2D eigenvalue weighted by molar-refractivity contribution is -0.132. The highest BCUT2D eigenvalue weighted by Gasteiger charge is 2.47. The van der Waals surface area contributed by atoms with Crippen LogP contribution in [0.3, 0.4) is 0 Å². The zero-order valence-corrected chi connectivity index (χ0v) is 18.0. The number of aliphatic hydroxyl groups is 1. The predicted molar refractivity (Wildman–Crippen MR) is 121 cm³/mol. The number of aliphatic hydroxyl groups excluding tert-OH is 1. The summed E-state index contributed by atoms with van der Waals surface area (Å²) in [5.74, 6) is -3.89. The Morgan fingerprint density at radius 2 is 1.82 bits per heavy atom. The number of fused-ring (bicyclic) bond motifs is 1. The number of carbonyl (C=O) groups is 2. The van der Waals surface area contributed by atoms with E-state index in [0.29, 0.717) is 30.0 Å². The second-order valence-electron chi connectivity index (χ2n) is 8.00. The number of carbonyl (C=O) groups excluding carboxylic acids is 2. The number of halogens is 2. The number of ketones is 1. The summed E-state index contributed by atoms with van der Waals surface area (Å²) in [5, 5.41) is 11.3. The number of likely N-dealkylation sites (N-methyl/N-ethyl adjacent to an activating group) is 1. The van der Waals surface area contributed by atoms with Crippen LogP contribution in [0.15, 0.2) is 66.5 Å². The fourth-order valence-electron chi connectivity index (χ4n) is 4.25. The molecule has 1 saturated heterocycles. The summed E-state index contributed by atoms with van der Waals surface area (Å²) < 4.78 is 33.2. The summed E-state index contributed by atoms with van der Waals surface area (Å²) >= 11 is 0. The molecule has 0 bridgehead atoms. The van der Waals surface area contributed by atoms with Crippen molar-refractivity contribution in [2.45, 2.75) is 6.04 Å². The molecule has 0 spiro atoms. The number of ether oxygens (including phenoxy) is 1. The standard InChI is InChI=1S/C25H19F2N3O4/c1-29-10-11-34-20-5-2-15(12-19(20)29)23(31)21-22(14-6-8-28-9-7-14)30(25(33)24(21)32)16-3-4-17(26)18(27)13-16/h2-9,12-13,22,31H,10-11H2,1H3/b23-21-. The molecule has 2 aliphatic rings. The first kappa shape index (κ1) is 21.6. The van der Waals surface area contributed by atoms with E-state index in [1.54, 1.807) is 30.3 Å². The summed E-state index contributed by atoms with van der Waals surface area (Å²) in [4.78, 5) is 33.2. The van der Waals surface area contributed by atoms with Crippen molar-refractivity contribution in [1.29, 1.82) is 0 Å². The van der Waals surface area contributed by atoms with E-state index < -0.39 is 29.4 Å². The third-order valence-corrected chi connectivity index (χ3v) is 5.98. The lowest BCUT2D eigenvalue weighted by Gasteiger charge is -2.28. The molecule has 1 amide bonds. The molecule has 3 aromatic rings. The van der Waals surface area contributed by atoms with Crippen LogP contribution in [-0.4, -0.2) is 42.0 Å². The van der Waals surface area contributed by atoms with Gasteiger partial charge >= 0.3 is 0 Å². The molecule has 1 atom stereocenters. The van der Waals surface area contributed by atoms with Gasteiger partial charge in [0.15, 0.2) is 11.6 Å². The Bertz CT molecular complexity index is 1340. The average molecular weight is 463 g/mol. The first-order valence-electron chi connectivity index (χ1n) is 10.5. The van der Waals surface area contributed by atoms with Crippen molar-refractivity contribution in [2.24, 2.45) is 0 Å². The molecule has 1 fully saturated rings. The van der Waals surface area contributed by atoms with Crippen molar-refractivity contribution < 1.29 is 28.2 Å². The van der Waals surface area contributed by atoms with E-state index in [-0.39, 0.29) is 17.0 Å². The van der Waals surface area contributed by atoms with E-state index in [9.17, 15) is 23.5 Å². The predicted octanol–water partition coefficient (Wildman–Crippen LogP) is 3.81. The van der Waals surface area contributed by atoms with Crippen molar-refractivity contribution in [1.82, 2.24) is 4.98 Å². The molecule has 0 aliphatic carbocycles. The van der Waals surface area contributed by atoms with E-state index in [2.05, 4.69) is 4.98 Å². The molecule has 9 heteroatoms. The third-order valence-electron chi connectivity index (χ3n) is 5.98. The average Bonchev–Trinajstić information content (AvgIpc) is 3.11. The number of aromatic nitrogens is 1. The minimum atomic E-state index is -1.16. The molecule has 1 unspecified atom stereocenters. The van der Waals surface area contributed by atoms with Gasteiger partial charge in [-0.15, -0.1) is 0 Å². The highest BCUT2D eigenvalue weighted by atomic mass is 19.2. The molecule has 0 radical (unpaired) electrons. The number of benzene rings is 2. The maximum absolute atomic E-state index is 14.0. The number of anilines is 2. The van der Waals surface area contributed by atoms with Crippen LogP contribution in [0.5, 0.6) is 5.75 Å². The Hall–Kier alpha value is -4.27. The molecule has 2 aliphatic heterocycles. The SMILES string of the molecule is CN1CCOc2ccc(/C(O)=C3/C(=O)C(=O)N(c4ccc(F)c(F)c4)C3c3ccncc3)cc21. The molecule has 0 saturated carbocycles. The highest BCUT2D eigenvalue weighted by Crippen LogP contribution is 2.43. The number of hydrogen-bond donors (Lipinski definition) is 1. The Morgan fingerprint density at radius 3 is 2.56 bits per heavy atom. The topological polar surface area (TPSA) is 83.0 Å². The van der Waals surface area contributed by atoms with Gasteiger partial charge in [-0.1, -0.05) is 0 Å². The molecule has 5 rings (SSSR count). The maximum atomic E-state index is 14.0. The van der Waals surface area contributed by atoms with E-state index in [1.165, 1.54) is 18.5 Å². The van der Waals surface area contributed by atoms with Crippen molar-refractivity contribution in [3.8, 4) is 5.75 Å². The number of hydrogen-bond acceptors (Lipinski definition) is 6. The van der Waals surface area contributed by atoms with E-state index in [1.807, 2.05) is 11.9 Å². The number of rotatable bonds is 3. The fourth-order valence-corrected chi connectivity index (χ4v) is 4.25. The number of Topliss-reactive ketones (excluding diaryl/α,β-unsaturated/α-hetero) is 1. The summed E-state index contributed by atoms with van der Waals surface area (Å²) in [6.07, 6.45) is 2.96. The largest absolute Gasteiger partial charge is 0.507 e. The summed E-state index contributed by atoms with van der Waals surface area (Å²) in [6.45, 7) is 1.17. The van der Waals surface area contributed by atoms with Crippen molar-refractivity contribution in [2.75, 3.05) is 30.0 Å². The van der Waals surface area contributed by atoms with Crippen LogP contribution in [0.1, 0.15) is 17.2 Å². The van der Waals surface area contributed by atoms with Crippen LogP contribution >= 0.6 is 0 Å². The minimum Gasteiger partial charge on any atom is -0.507 e. The van der Waals surface area contributed by atoms with Gasteiger partial charge < -0.3 is 14.7 Å². The Morgan fingerprint density at radius 1 is 1.06 bits per heavy atom. The molecule has 7 nitrogen and oxygen atoms in total. The third kappa shape index (κ3) is 3.45. The summed E-state index contributed by atoms with van der Waals surface area (Å²) in [5.41, 5.74) is 1.34. The van der Waals surface area contributed by atoms with Crippen LogP contribution in [0, 0.1) is 11.6 Å². The lowest BCUT2D eigenvalue weighted by Crippen LogP contribution is -2.29. The van der Waals surface area contributed by atoms with Gasteiger partial charge in [-0.05, 0) is 48.0 Å². The number of pyridine rings is 1. The molecule has 172 valence electrons. The summed E-state index contributed by atoms with van der Waals surface area (Å²) in [6, 6.07) is 10.0. The monoisotopic (exact) mass is 463 g/mol. The van der Waals surface area contributed by atoms with Gasteiger partial charge in [0.25, 0.3) is 11.7 Å². The van der Waals surface area contributed by atoms with Crippen molar-refractivity contribution in [3.05, 3.63) is 89.3 Å². The first-order valence-corrected chi connectivity index (χ1v) is 10.5. The molecular formula is C25H19F2N3O4. The Kier molecular flexibility index (Phi) is 5.24. The smallest absolute Gasteiger partial charge is 0.300 e. The van der Waals surface area contributed by atoms with Gasteiger partial charge in [-0.2, -0.15) is 0 Å². The molecule has 1 aromatic heterocycles. The highest BCUT2D eigenvalue weighted by molar-refractivity contribution is 6.51. The van der Waals surface area contributed by atoms with Gasteiger partial charge in [-0.25, -0.2) is 8.78 Å². The molecule has 3 heterocycles. The van der Waals surface area contributed by atoms with Crippen LogP contribution in [-0.2, 0) is 9.59 Å². The van der Waals surface area contributed by atoms with Gasteiger partial charge in [0.05, 0.1) is 23.8 Å². The lowest BCUT2D eigenvalue weighted by atomic mass is 9.95. The van der Waals surface area contributed by atoms with E-state index in [4.69, 9.17) is 4.74 Å². The van der Waals surface area contributed by atoms with Crippen LogP contribution < -0.4 is 14.5 Å². The van der Waals surface area contributed by atoms with Gasteiger partial charge in [0.1, 0.15) is 18.1 Å².